The molecule has 0 saturated heterocycles. The fraction of sp³-hybridized carbons (Fsp3) is 0.333. The molecule has 2 heteroatoms. The van der Waals surface area contributed by atoms with Gasteiger partial charge in [-0.05, 0) is 43.2 Å². The lowest BCUT2D eigenvalue weighted by atomic mass is 10.1. The van der Waals surface area contributed by atoms with Crippen LogP contribution in [0, 0.1) is 6.92 Å². The molecule has 2 rings (SSSR count). The van der Waals surface area contributed by atoms with E-state index in [-0.39, 0.29) is 6.10 Å². The standard InChI is InChI=1S/C12H14O2/c1-3-9-4-5-10-11(13)6-8(2)7-12(10)14-9/h4-7,9,13H,3H2,1-2H3/t9-/m1/s1. The maximum absolute atomic E-state index is 9.66. The summed E-state index contributed by atoms with van der Waals surface area (Å²) in [6.45, 7) is 4.03. The molecule has 1 heterocycles. The van der Waals surface area contributed by atoms with Crippen LogP contribution in [0.15, 0.2) is 18.2 Å². The molecule has 0 unspecified atom stereocenters. The monoisotopic (exact) mass is 190 g/mol. The summed E-state index contributed by atoms with van der Waals surface area (Å²) < 4.78 is 5.70. The van der Waals surface area contributed by atoms with Crippen molar-refractivity contribution in [3.05, 3.63) is 29.3 Å². The largest absolute Gasteiger partial charge is 0.507 e. The number of aryl methyl sites for hydroxylation is 1. The first-order chi connectivity index (χ1) is 6.70. The van der Waals surface area contributed by atoms with Crippen molar-refractivity contribution >= 4 is 6.08 Å². The summed E-state index contributed by atoms with van der Waals surface area (Å²) in [5, 5.41) is 9.66. The molecule has 14 heavy (non-hydrogen) atoms. The van der Waals surface area contributed by atoms with Gasteiger partial charge in [0.2, 0.25) is 0 Å². The van der Waals surface area contributed by atoms with E-state index in [0.717, 1.165) is 23.3 Å². The molecule has 1 aliphatic heterocycles. The Hall–Kier alpha value is -1.44. The van der Waals surface area contributed by atoms with Crippen LogP contribution in [0.1, 0.15) is 24.5 Å². The van der Waals surface area contributed by atoms with Gasteiger partial charge in [-0.1, -0.05) is 6.92 Å². The second-order valence-electron chi connectivity index (χ2n) is 3.62. The Kier molecular flexibility index (Phi) is 2.20. The van der Waals surface area contributed by atoms with Crippen LogP contribution in [0.25, 0.3) is 6.08 Å². The second kappa shape index (κ2) is 3.37. The molecule has 0 aliphatic carbocycles. The molecular weight excluding hydrogens is 176 g/mol. The summed E-state index contributed by atoms with van der Waals surface area (Å²) in [6.07, 6.45) is 5.01. The highest BCUT2D eigenvalue weighted by molar-refractivity contribution is 5.66. The van der Waals surface area contributed by atoms with E-state index < -0.39 is 0 Å². The molecule has 1 aromatic rings. The summed E-state index contributed by atoms with van der Waals surface area (Å²) in [5.41, 5.74) is 1.81. The molecule has 0 aromatic heterocycles. The van der Waals surface area contributed by atoms with E-state index in [1.165, 1.54) is 0 Å². The van der Waals surface area contributed by atoms with Crippen molar-refractivity contribution in [3.63, 3.8) is 0 Å². The van der Waals surface area contributed by atoms with Crippen molar-refractivity contribution in [1.29, 1.82) is 0 Å². The quantitative estimate of drug-likeness (QED) is 0.737. The first kappa shape index (κ1) is 9.13. The van der Waals surface area contributed by atoms with Crippen LogP contribution in [-0.2, 0) is 0 Å². The fourth-order valence-electron chi connectivity index (χ4n) is 1.64. The van der Waals surface area contributed by atoms with E-state index in [9.17, 15) is 5.11 Å². The topological polar surface area (TPSA) is 29.5 Å². The van der Waals surface area contributed by atoms with Crippen LogP contribution in [0.4, 0.5) is 0 Å². The lowest BCUT2D eigenvalue weighted by molar-refractivity contribution is 0.240. The van der Waals surface area contributed by atoms with Gasteiger partial charge in [-0.15, -0.1) is 0 Å². The molecule has 0 spiro atoms. The molecule has 74 valence electrons. The first-order valence-corrected chi connectivity index (χ1v) is 4.89. The first-order valence-electron chi connectivity index (χ1n) is 4.89. The number of hydrogen-bond donors (Lipinski definition) is 1. The minimum atomic E-state index is 0.142. The molecule has 0 fully saturated rings. The molecule has 1 N–H and O–H groups in total. The van der Waals surface area contributed by atoms with Crippen LogP contribution >= 0.6 is 0 Å². The smallest absolute Gasteiger partial charge is 0.131 e. The molecule has 1 atom stereocenters. The van der Waals surface area contributed by atoms with Gasteiger partial charge in [-0.2, -0.15) is 0 Å². The zero-order valence-corrected chi connectivity index (χ0v) is 8.45. The molecule has 1 aromatic carbocycles. The van der Waals surface area contributed by atoms with Crippen molar-refractivity contribution in [1.82, 2.24) is 0 Å². The molecule has 0 radical (unpaired) electrons. The Bertz CT molecular complexity index is 380. The SMILES string of the molecule is CC[C@@H]1C=Cc2c(O)cc(C)cc2O1. The summed E-state index contributed by atoms with van der Waals surface area (Å²) in [4.78, 5) is 0. The van der Waals surface area contributed by atoms with Gasteiger partial charge in [0.25, 0.3) is 0 Å². The maximum Gasteiger partial charge on any atom is 0.131 e. The molecule has 0 amide bonds. The lowest BCUT2D eigenvalue weighted by Gasteiger charge is -2.21. The molecular formula is C12H14O2. The van der Waals surface area contributed by atoms with E-state index in [0.29, 0.717) is 5.75 Å². The maximum atomic E-state index is 9.66. The van der Waals surface area contributed by atoms with Crippen LogP contribution in [0.5, 0.6) is 11.5 Å². The average Bonchev–Trinajstić information content (AvgIpc) is 2.16. The predicted molar refractivity (Wildman–Crippen MR) is 56.6 cm³/mol. The Morgan fingerprint density at radius 3 is 2.93 bits per heavy atom. The van der Waals surface area contributed by atoms with Crippen molar-refractivity contribution in [2.75, 3.05) is 0 Å². The molecule has 0 bridgehead atoms. The number of aromatic hydroxyl groups is 1. The van der Waals surface area contributed by atoms with Gasteiger partial charge in [-0.3, -0.25) is 0 Å². The van der Waals surface area contributed by atoms with Crippen LogP contribution in [0.3, 0.4) is 0 Å². The Balaban J connectivity index is 2.45. The normalized spacial score (nSPS) is 18.9. The number of ether oxygens (including phenoxy) is 1. The van der Waals surface area contributed by atoms with Gasteiger partial charge >= 0.3 is 0 Å². The Morgan fingerprint density at radius 1 is 1.43 bits per heavy atom. The summed E-state index contributed by atoms with van der Waals surface area (Å²) in [6, 6.07) is 3.71. The van der Waals surface area contributed by atoms with Crippen molar-refractivity contribution in [2.45, 2.75) is 26.4 Å². The zero-order valence-electron chi connectivity index (χ0n) is 8.45. The highest BCUT2D eigenvalue weighted by atomic mass is 16.5. The predicted octanol–water partition coefficient (Wildman–Crippen LogP) is 2.88. The minimum absolute atomic E-state index is 0.142. The van der Waals surface area contributed by atoms with E-state index >= 15 is 0 Å². The second-order valence-corrected chi connectivity index (χ2v) is 3.62. The summed E-state index contributed by atoms with van der Waals surface area (Å²) in [5.74, 6) is 1.09. The lowest BCUT2D eigenvalue weighted by Crippen LogP contribution is -2.15. The average molecular weight is 190 g/mol. The van der Waals surface area contributed by atoms with Gasteiger partial charge in [0.05, 0.1) is 5.56 Å². The highest BCUT2D eigenvalue weighted by Gasteiger charge is 2.15. The summed E-state index contributed by atoms with van der Waals surface area (Å²) >= 11 is 0. The van der Waals surface area contributed by atoms with Gasteiger partial charge < -0.3 is 9.84 Å². The molecule has 0 saturated carbocycles. The van der Waals surface area contributed by atoms with Crippen LogP contribution in [-0.4, -0.2) is 11.2 Å². The summed E-state index contributed by atoms with van der Waals surface area (Å²) in [7, 11) is 0. The van der Waals surface area contributed by atoms with E-state index in [1.54, 1.807) is 6.07 Å². The number of phenolic OH excluding ortho intramolecular Hbond substituents is 1. The van der Waals surface area contributed by atoms with Crippen LogP contribution in [0.2, 0.25) is 0 Å². The van der Waals surface area contributed by atoms with Crippen molar-refractivity contribution < 1.29 is 9.84 Å². The van der Waals surface area contributed by atoms with E-state index in [1.807, 2.05) is 25.1 Å². The number of rotatable bonds is 1. The Morgan fingerprint density at radius 2 is 2.21 bits per heavy atom. The van der Waals surface area contributed by atoms with Crippen molar-refractivity contribution in [2.24, 2.45) is 0 Å². The number of benzene rings is 1. The van der Waals surface area contributed by atoms with E-state index in [2.05, 4.69) is 6.92 Å². The third-order valence-corrected chi connectivity index (χ3v) is 2.42. The van der Waals surface area contributed by atoms with Crippen LogP contribution < -0.4 is 4.74 Å². The number of hydrogen-bond acceptors (Lipinski definition) is 2. The Labute approximate surface area is 83.8 Å². The van der Waals surface area contributed by atoms with Gasteiger partial charge in [-0.25, -0.2) is 0 Å². The van der Waals surface area contributed by atoms with E-state index in [4.69, 9.17) is 4.74 Å². The highest BCUT2D eigenvalue weighted by Crippen LogP contribution is 2.34. The minimum Gasteiger partial charge on any atom is -0.507 e. The fourth-order valence-corrected chi connectivity index (χ4v) is 1.64. The van der Waals surface area contributed by atoms with Gasteiger partial charge in [0, 0.05) is 0 Å². The van der Waals surface area contributed by atoms with Gasteiger partial charge in [0.1, 0.15) is 17.6 Å². The van der Waals surface area contributed by atoms with Gasteiger partial charge in [0.15, 0.2) is 0 Å². The van der Waals surface area contributed by atoms with Crippen molar-refractivity contribution in [3.8, 4) is 11.5 Å². The molecule has 1 aliphatic rings. The number of phenols is 1. The third-order valence-electron chi connectivity index (χ3n) is 2.42. The zero-order chi connectivity index (χ0) is 10.1. The molecule has 2 nitrogen and oxygen atoms in total. The third kappa shape index (κ3) is 1.48. The number of fused-ring (bicyclic) bond motifs is 1.